The Morgan fingerprint density at radius 2 is 1.98 bits per heavy atom. The Hall–Kier alpha value is -2.07. The highest BCUT2D eigenvalue weighted by molar-refractivity contribution is 9.12. The number of hydrogen-bond donors (Lipinski definition) is 3. The molecular formula is C26H30Br4N4O7. The fraction of sp³-hybridized carbons (Fsp3) is 0.423. The zero-order chi connectivity index (χ0) is 30.2. The Bertz CT molecular complexity index is 1230. The van der Waals surface area contributed by atoms with E-state index in [9.17, 15) is 14.7 Å². The Morgan fingerprint density at radius 1 is 1.27 bits per heavy atom. The van der Waals surface area contributed by atoms with Crippen molar-refractivity contribution in [1.82, 2.24) is 15.5 Å². The van der Waals surface area contributed by atoms with Crippen LogP contribution in [0.1, 0.15) is 18.4 Å². The summed E-state index contributed by atoms with van der Waals surface area (Å²) < 4.78 is 19.5. The van der Waals surface area contributed by atoms with E-state index in [-0.39, 0.29) is 24.7 Å². The molecule has 2 heterocycles. The molecule has 1 aromatic carbocycles. The van der Waals surface area contributed by atoms with Gasteiger partial charge >= 0.3 is 11.8 Å². The molecule has 1 spiro atoms. The fourth-order valence-corrected chi connectivity index (χ4v) is 6.86. The molecule has 0 saturated heterocycles. The number of aliphatic hydroxyl groups is 1. The number of aliphatic hydroxyl groups excluding tert-OH is 1. The van der Waals surface area contributed by atoms with E-state index in [0.29, 0.717) is 53.0 Å². The van der Waals surface area contributed by atoms with Crippen molar-refractivity contribution in [3.63, 3.8) is 0 Å². The van der Waals surface area contributed by atoms with Crippen molar-refractivity contribution in [3.8, 4) is 5.75 Å². The third-order valence-electron chi connectivity index (χ3n) is 6.03. The molecule has 0 saturated carbocycles. The average molecular weight is 830 g/mol. The van der Waals surface area contributed by atoms with Crippen molar-refractivity contribution in [2.45, 2.75) is 31.2 Å². The topological polar surface area (TPSA) is 131 Å². The molecule has 0 bridgehead atoms. The van der Waals surface area contributed by atoms with Crippen molar-refractivity contribution in [2.24, 2.45) is 5.16 Å². The molecular weight excluding hydrogens is 800 g/mol. The van der Waals surface area contributed by atoms with Gasteiger partial charge in [-0.2, -0.15) is 0 Å². The number of hydrogen-bond acceptors (Lipinski definition) is 8. The molecule has 2 aliphatic rings. The van der Waals surface area contributed by atoms with Gasteiger partial charge < -0.3 is 39.7 Å². The van der Waals surface area contributed by atoms with Crippen molar-refractivity contribution in [1.29, 1.82) is 0 Å². The van der Waals surface area contributed by atoms with Gasteiger partial charge in [-0.3, -0.25) is 4.79 Å². The molecule has 2 atom stereocenters. The van der Waals surface area contributed by atoms with Gasteiger partial charge in [0.05, 0.1) is 33.6 Å². The van der Waals surface area contributed by atoms with Gasteiger partial charge in [-0.15, -0.1) is 6.58 Å². The number of oxime groups is 1. The number of halogens is 4. The van der Waals surface area contributed by atoms with Crippen LogP contribution in [0.3, 0.4) is 0 Å². The van der Waals surface area contributed by atoms with E-state index in [2.05, 4.69) is 86.1 Å². The molecule has 0 unspecified atom stereocenters. The number of allylic oxidation sites excluding steroid dienone is 1. The number of urea groups is 1. The average Bonchev–Trinajstić information content (AvgIpc) is 3.18. The van der Waals surface area contributed by atoms with Crippen molar-refractivity contribution in [3.05, 3.63) is 60.3 Å². The summed E-state index contributed by atoms with van der Waals surface area (Å²) >= 11 is 13.8. The normalized spacial score (nSPS) is 19.8. The van der Waals surface area contributed by atoms with Gasteiger partial charge in [0.2, 0.25) is 0 Å². The zero-order valence-corrected chi connectivity index (χ0v) is 28.7. The Labute approximate surface area is 271 Å². The van der Waals surface area contributed by atoms with E-state index in [1.54, 1.807) is 18.0 Å². The predicted octanol–water partition coefficient (Wildman–Crippen LogP) is 4.82. The lowest BCUT2D eigenvalue weighted by Crippen LogP contribution is -2.49. The Balaban J connectivity index is 1.46. The maximum absolute atomic E-state index is 12.7. The molecule has 15 heteroatoms. The summed E-state index contributed by atoms with van der Waals surface area (Å²) in [6, 6.07) is 3.73. The Kier molecular flexibility index (Phi) is 12.6. The molecule has 3 N–H and O–H groups in total. The molecule has 1 aromatic rings. The number of nitrogens with one attached hydrogen (secondary N) is 2. The summed E-state index contributed by atoms with van der Waals surface area (Å²) in [4.78, 5) is 31.7. The summed E-state index contributed by atoms with van der Waals surface area (Å²) in [7, 11) is 3.23. The van der Waals surface area contributed by atoms with E-state index in [1.807, 2.05) is 12.1 Å². The van der Waals surface area contributed by atoms with E-state index < -0.39 is 17.8 Å². The summed E-state index contributed by atoms with van der Waals surface area (Å²) in [5.74, 6) is -1.08. The van der Waals surface area contributed by atoms with Gasteiger partial charge in [-0.1, -0.05) is 27.2 Å². The van der Waals surface area contributed by atoms with Crippen LogP contribution < -0.4 is 15.4 Å². The van der Waals surface area contributed by atoms with Crippen LogP contribution in [0.4, 0.5) is 4.79 Å². The van der Waals surface area contributed by atoms with E-state index in [4.69, 9.17) is 19.0 Å². The van der Waals surface area contributed by atoms with Crippen LogP contribution in [0, 0.1) is 0 Å². The smallest absolute Gasteiger partial charge is 0.317 e. The van der Waals surface area contributed by atoms with Crippen molar-refractivity contribution < 1.29 is 33.7 Å². The second-order valence-electron chi connectivity index (χ2n) is 8.97. The lowest BCUT2D eigenvalue weighted by molar-refractivity contribution is -0.225. The maximum atomic E-state index is 12.7. The minimum atomic E-state index is -1.61. The highest BCUT2D eigenvalue weighted by atomic mass is 79.9. The summed E-state index contributed by atoms with van der Waals surface area (Å²) in [5, 5.41) is 20.1. The lowest BCUT2D eigenvalue weighted by atomic mass is 10.0. The van der Waals surface area contributed by atoms with Gasteiger partial charge in [-0.25, -0.2) is 4.79 Å². The number of amides is 3. The first kappa shape index (κ1) is 33.4. The zero-order valence-electron chi connectivity index (χ0n) is 22.3. The highest BCUT2D eigenvalue weighted by Crippen LogP contribution is 2.41. The van der Waals surface area contributed by atoms with Crippen molar-refractivity contribution >= 4 is 81.4 Å². The van der Waals surface area contributed by atoms with Crippen LogP contribution in [0.2, 0.25) is 0 Å². The second-order valence-corrected chi connectivity index (χ2v) is 12.5. The second kappa shape index (κ2) is 15.4. The molecule has 0 fully saturated rings. The number of likely N-dealkylation sites (N-methyl/N-ethyl adjacent to an activating group) is 1. The molecule has 11 nitrogen and oxygen atoms in total. The van der Waals surface area contributed by atoms with Crippen LogP contribution >= 0.6 is 63.7 Å². The molecule has 41 heavy (non-hydrogen) atoms. The number of carbonyl (C=O) groups excluding carboxylic acids is 2. The maximum Gasteiger partial charge on any atom is 0.317 e. The van der Waals surface area contributed by atoms with Crippen LogP contribution in [-0.2, 0) is 25.5 Å². The van der Waals surface area contributed by atoms with Gasteiger partial charge in [-0.05, 0) is 78.3 Å². The number of benzene rings is 1. The van der Waals surface area contributed by atoms with Gasteiger partial charge in [0, 0.05) is 31.2 Å². The quantitative estimate of drug-likeness (QED) is 0.204. The summed E-state index contributed by atoms with van der Waals surface area (Å²) in [5.41, 5.74) is 0.825. The first-order valence-electron chi connectivity index (χ1n) is 12.4. The number of nitrogens with zero attached hydrogens (tertiary/aromatic N) is 2. The van der Waals surface area contributed by atoms with E-state index >= 15 is 0 Å². The molecule has 3 rings (SSSR count). The Morgan fingerprint density at radius 3 is 2.63 bits per heavy atom. The minimum absolute atomic E-state index is 0.0569. The van der Waals surface area contributed by atoms with Gasteiger partial charge in [0.25, 0.3) is 5.91 Å². The largest absolute Gasteiger partial charge is 0.495 e. The molecule has 0 aliphatic carbocycles. The van der Waals surface area contributed by atoms with Crippen LogP contribution in [0.25, 0.3) is 0 Å². The first-order valence-corrected chi connectivity index (χ1v) is 15.6. The number of rotatable bonds is 12. The molecule has 0 radical (unpaired) electrons. The number of ether oxygens (including phenoxy) is 3. The van der Waals surface area contributed by atoms with Crippen molar-refractivity contribution in [2.75, 3.05) is 40.4 Å². The highest BCUT2D eigenvalue weighted by Gasteiger charge is 2.54. The fourth-order valence-electron chi connectivity index (χ4n) is 3.82. The SMILES string of the molecule is C=CCNC(=O)N(C)CCc1cc(Br)c(OCCCNC(=O)C2=NO[C@]3(CC(Br)=C(OC)C(Br)=CO3)[C@@H]2O)c(Br)c1. The molecule has 0 aromatic heterocycles. The number of carbonyl (C=O) groups is 2. The van der Waals surface area contributed by atoms with Crippen LogP contribution in [0.15, 0.2) is 59.9 Å². The summed E-state index contributed by atoms with van der Waals surface area (Å²) in [6.45, 7) is 5.14. The van der Waals surface area contributed by atoms with E-state index in [0.717, 1.165) is 14.5 Å². The van der Waals surface area contributed by atoms with E-state index in [1.165, 1.54) is 13.4 Å². The molecule has 3 amide bonds. The molecule has 2 aliphatic heterocycles. The van der Waals surface area contributed by atoms with Crippen LogP contribution in [0.5, 0.6) is 5.75 Å². The standard InChI is InChI=1S/C26H30Br4N4O7/c1-4-7-32-25(37)34(2)9-6-15-11-16(27)22(17(28)12-15)39-10-5-8-31-24(36)20-23(35)26(41-33-20)13-18(29)21(38-3)19(30)14-40-26/h4,11-12,14,23,35H,1,5-10,13H2,2-3H3,(H,31,36)(H,32,37)/t23-,26-/m1/s1. The first-order chi connectivity index (χ1) is 19.5. The van der Waals surface area contributed by atoms with Crippen LogP contribution in [-0.4, -0.2) is 79.9 Å². The summed E-state index contributed by atoms with van der Waals surface area (Å²) in [6.07, 6.45) is 2.72. The number of methoxy groups -OCH3 is 1. The van der Waals surface area contributed by atoms with Gasteiger partial charge in [0.1, 0.15) is 17.8 Å². The minimum Gasteiger partial charge on any atom is -0.495 e. The third-order valence-corrected chi connectivity index (χ3v) is 8.39. The monoisotopic (exact) mass is 826 g/mol. The van der Waals surface area contributed by atoms with Gasteiger partial charge in [0.15, 0.2) is 11.8 Å². The lowest BCUT2D eigenvalue weighted by Gasteiger charge is -2.27. The predicted molar refractivity (Wildman–Crippen MR) is 168 cm³/mol. The third kappa shape index (κ3) is 8.49. The molecule has 224 valence electrons.